The quantitative estimate of drug-likeness (QED) is 0.733. The van der Waals surface area contributed by atoms with Gasteiger partial charge in [0.25, 0.3) is 0 Å². The third-order valence-corrected chi connectivity index (χ3v) is 6.27. The third kappa shape index (κ3) is 4.29. The molecule has 2 aromatic rings. The smallest absolute Gasteiger partial charge is 0.223 e. The lowest BCUT2D eigenvalue weighted by atomic mass is 9.87. The molecular weight excluding hydrogens is 383 g/mol. The third-order valence-electron chi connectivity index (χ3n) is 6.27. The maximum atomic E-state index is 13.8. The molecule has 1 aliphatic carbocycles. The van der Waals surface area contributed by atoms with E-state index < -0.39 is 0 Å². The highest BCUT2D eigenvalue weighted by atomic mass is 19.1. The molecule has 160 valence electrons. The lowest BCUT2D eigenvalue weighted by Gasteiger charge is -2.38. The van der Waals surface area contributed by atoms with E-state index in [0.29, 0.717) is 12.3 Å². The van der Waals surface area contributed by atoms with E-state index in [0.717, 1.165) is 42.7 Å². The molecule has 4 rings (SSSR count). The molecule has 0 saturated heterocycles. The molecule has 30 heavy (non-hydrogen) atoms. The highest BCUT2D eigenvalue weighted by Crippen LogP contribution is 2.35. The van der Waals surface area contributed by atoms with Crippen LogP contribution in [0.1, 0.15) is 42.5 Å². The first-order valence-corrected chi connectivity index (χ1v) is 10.6. The lowest BCUT2D eigenvalue weighted by molar-refractivity contribution is -0.948. The Labute approximate surface area is 177 Å². The second-order valence-electron chi connectivity index (χ2n) is 8.42. The summed E-state index contributed by atoms with van der Waals surface area (Å²) in [5.74, 6) is 1.49. The highest BCUT2D eigenvalue weighted by Gasteiger charge is 2.39. The van der Waals surface area contributed by atoms with Crippen molar-refractivity contribution in [3.8, 4) is 11.5 Å². The average Bonchev–Trinajstić information content (AvgIpc) is 3.58. The number of methoxy groups -OCH3 is 2. The summed E-state index contributed by atoms with van der Waals surface area (Å²) in [5, 5.41) is 3.24. The Morgan fingerprint density at radius 3 is 2.60 bits per heavy atom. The minimum atomic E-state index is -0.220. The van der Waals surface area contributed by atoms with Crippen LogP contribution in [0.15, 0.2) is 36.4 Å². The molecule has 0 bridgehead atoms. The minimum Gasteiger partial charge on any atom is -0.493 e. The second kappa shape index (κ2) is 8.64. The number of carbonyl (C=O) groups excluding carboxylic acids is 1. The zero-order chi connectivity index (χ0) is 21.3. The molecule has 2 aromatic carbocycles. The molecule has 1 amide bonds. The molecule has 1 unspecified atom stereocenters. The van der Waals surface area contributed by atoms with E-state index in [9.17, 15) is 9.18 Å². The fourth-order valence-electron chi connectivity index (χ4n) is 4.61. The van der Waals surface area contributed by atoms with Gasteiger partial charge in [0, 0.05) is 23.5 Å². The maximum absolute atomic E-state index is 13.8. The van der Waals surface area contributed by atoms with Crippen LogP contribution in [0.2, 0.25) is 0 Å². The van der Waals surface area contributed by atoms with Crippen LogP contribution in [0.25, 0.3) is 0 Å². The van der Waals surface area contributed by atoms with Gasteiger partial charge in [-0.1, -0.05) is 12.1 Å². The van der Waals surface area contributed by atoms with Crippen molar-refractivity contribution in [1.82, 2.24) is 5.32 Å². The number of amides is 1. The van der Waals surface area contributed by atoms with Gasteiger partial charge in [0.15, 0.2) is 11.5 Å². The van der Waals surface area contributed by atoms with E-state index in [1.54, 1.807) is 26.4 Å². The summed E-state index contributed by atoms with van der Waals surface area (Å²) in [6, 6.07) is 10.9. The summed E-state index contributed by atoms with van der Waals surface area (Å²) in [5.41, 5.74) is 3.33. The van der Waals surface area contributed by atoms with Crippen LogP contribution < -0.4 is 19.7 Å². The average molecular weight is 414 g/mol. The topological polar surface area (TPSA) is 52.0 Å². The second-order valence-corrected chi connectivity index (χ2v) is 8.42. The van der Waals surface area contributed by atoms with Crippen LogP contribution in [-0.2, 0) is 17.8 Å². The van der Waals surface area contributed by atoms with Crippen LogP contribution in [0, 0.1) is 11.7 Å². The van der Waals surface area contributed by atoms with Crippen molar-refractivity contribution in [3.05, 3.63) is 58.9 Å². The number of nitrogens with one attached hydrogen (secondary N) is 2. The van der Waals surface area contributed by atoms with Gasteiger partial charge in [0.1, 0.15) is 18.4 Å². The monoisotopic (exact) mass is 413 g/mol. The number of rotatable bonds is 7. The molecule has 0 aromatic heterocycles. The van der Waals surface area contributed by atoms with Crippen LogP contribution in [-0.4, -0.2) is 32.7 Å². The van der Waals surface area contributed by atoms with Crippen LogP contribution >= 0.6 is 0 Å². The number of fused-ring (bicyclic) bond motifs is 1. The van der Waals surface area contributed by atoms with Crippen molar-refractivity contribution < 1.29 is 23.6 Å². The summed E-state index contributed by atoms with van der Waals surface area (Å²) in [4.78, 5) is 13.8. The summed E-state index contributed by atoms with van der Waals surface area (Å²) in [6.07, 6.45) is 2.84. The molecule has 2 N–H and O–H groups in total. The summed E-state index contributed by atoms with van der Waals surface area (Å²) in [7, 11) is 3.28. The predicted molar refractivity (Wildman–Crippen MR) is 112 cm³/mol. The van der Waals surface area contributed by atoms with Crippen molar-refractivity contribution in [2.75, 3.05) is 20.8 Å². The normalized spacial score (nSPS) is 21.5. The van der Waals surface area contributed by atoms with Gasteiger partial charge in [0.05, 0.1) is 26.8 Å². The van der Waals surface area contributed by atoms with E-state index in [4.69, 9.17) is 9.47 Å². The van der Waals surface area contributed by atoms with E-state index in [1.807, 2.05) is 12.1 Å². The fourth-order valence-corrected chi connectivity index (χ4v) is 4.61. The molecule has 0 spiro atoms. The van der Waals surface area contributed by atoms with Crippen molar-refractivity contribution in [3.63, 3.8) is 0 Å². The Balaban J connectivity index is 1.68. The molecule has 3 atom stereocenters. The van der Waals surface area contributed by atoms with E-state index in [2.05, 4.69) is 18.3 Å². The Hall–Kier alpha value is -2.60. The van der Waals surface area contributed by atoms with Gasteiger partial charge in [0.2, 0.25) is 5.91 Å². The van der Waals surface area contributed by atoms with Crippen LogP contribution in [0.4, 0.5) is 4.39 Å². The molecule has 2 aliphatic rings. The first-order valence-electron chi connectivity index (χ1n) is 10.6. The molecular formula is C24H30FN2O3+. The molecule has 5 nitrogen and oxygen atoms in total. The van der Waals surface area contributed by atoms with E-state index >= 15 is 0 Å². The molecule has 1 heterocycles. The van der Waals surface area contributed by atoms with Gasteiger partial charge in [-0.3, -0.25) is 4.79 Å². The van der Waals surface area contributed by atoms with Gasteiger partial charge in [-0.05, 0) is 49.6 Å². The van der Waals surface area contributed by atoms with Gasteiger partial charge in [-0.15, -0.1) is 0 Å². The number of benzene rings is 2. The summed E-state index contributed by atoms with van der Waals surface area (Å²) >= 11 is 0. The highest BCUT2D eigenvalue weighted by molar-refractivity contribution is 5.81. The van der Waals surface area contributed by atoms with Crippen molar-refractivity contribution in [2.24, 2.45) is 5.92 Å². The van der Waals surface area contributed by atoms with Crippen molar-refractivity contribution >= 4 is 5.91 Å². The Kier molecular flexibility index (Phi) is 5.95. The fraction of sp³-hybridized carbons (Fsp3) is 0.458. The first-order chi connectivity index (χ1) is 14.5. The Morgan fingerprint density at radius 1 is 1.20 bits per heavy atom. The lowest BCUT2D eigenvalue weighted by Crippen LogP contribution is -3.13. The Morgan fingerprint density at radius 2 is 1.93 bits per heavy atom. The van der Waals surface area contributed by atoms with Gasteiger partial charge >= 0.3 is 0 Å². The zero-order valence-corrected chi connectivity index (χ0v) is 17.8. The first kappa shape index (κ1) is 20.7. The van der Waals surface area contributed by atoms with Crippen LogP contribution in [0.5, 0.6) is 11.5 Å². The number of halogens is 1. The molecule has 1 fully saturated rings. The number of hydrogen-bond acceptors (Lipinski definition) is 3. The minimum absolute atomic E-state index is 0.0412. The van der Waals surface area contributed by atoms with Gasteiger partial charge in [-0.2, -0.15) is 0 Å². The standard InChI is InChI=1S/C24H29FN2O3/c1-15(26-24(28)17-7-8-17)23-20-13-22(30-3)21(29-2)12-18(20)9-10-27(23)14-16-5-4-6-19(25)11-16/h4-6,11-13,15,17,23H,7-10,14H2,1-3H3,(H,26,28)/p+1/t15-,23-/m1/s1. The van der Waals surface area contributed by atoms with Gasteiger partial charge in [-0.25, -0.2) is 4.39 Å². The van der Waals surface area contributed by atoms with Crippen molar-refractivity contribution in [2.45, 2.75) is 44.8 Å². The number of quaternary nitrogens is 1. The molecule has 1 saturated carbocycles. The predicted octanol–water partition coefficient (Wildman–Crippen LogP) is 2.44. The summed E-state index contributed by atoms with van der Waals surface area (Å²) < 4.78 is 24.8. The number of carbonyl (C=O) groups is 1. The van der Waals surface area contributed by atoms with Crippen LogP contribution in [0.3, 0.4) is 0 Å². The largest absolute Gasteiger partial charge is 0.493 e. The zero-order valence-electron chi connectivity index (χ0n) is 17.8. The molecule has 0 radical (unpaired) electrons. The Bertz CT molecular complexity index is 929. The van der Waals surface area contributed by atoms with Gasteiger partial charge < -0.3 is 19.7 Å². The van der Waals surface area contributed by atoms with E-state index in [1.165, 1.54) is 16.5 Å². The number of ether oxygens (including phenoxy) is 2. The van der Waals surface area contributed by atoms with Crippen molar-refractivity contribution in [1.29, 1.82) is 0 Å². The summed E-state index contributed by atoms with van der Waals surface area (Å²) in [6.45, 7) is 3.66. The SMILES string of the molecule is COc1cc2c(cc1OC)[C@@H]([C@@H](C)NC(=O)C1CC1)[NH+](Cc1cccc(F)c1)CC2. The molecule has 1 aliphatic heterocycles. The maximum Gasteiger partial charge on any atom is 0.223 e. The molecule has 6 heteroatoms. The van der Waals surface area contributed by atoms with E-state index in [-0.39, 0.29) is 29.7 Å². The number of hydrogen-bond donors (Lipinski definition) is 2.